The Bertz CT molecular complexity index is 615. The minimum atomic E-state index is -0.557. The molecule has 1 aliphatic heterocycles. The van der Waals surface area contributed by atoms with Gasteiger partial charge in [0.1, 0.15) is 13.1 Å². The van der Waals surface area contributed by atoms with Gasteiger partial charge in [0.25, 0.3) is 0 Å². The molecule has 3 N–H and O–H groups in total. The summed E-state index contributed by atoms with van der Waals surface area (Å²) >= 11 is 0. The van der Waals surface area contributed by atoms with Gasteiger partial charge in [0.05, 0.1) is 17.8 Å². The Hall–Kier alpha value is -2.48. The first-order valence-corrected chi connectivity index (χ1v) is 7.50. The van der Waals surface area contributed by atoms with E-state index in [-0.39, 0.29) is 37.1 Å². The number of aromatic nitrogens is 1. The van der Waals surface area contributed by atoms with Crippen LogP contribution < -0.4 is 10.6 Å². The van der Waals surface area contributed by atoms with Gasteiger partial charge in [-0.2, -0.15) is 0 Å². The molecular weight excluding hydrogens is 300 g/mol. The predicted octanol–water partition coefficient (Wildman–Crippen LogP) is -0.438. The maximum Gasteiger partial charge on any atom is 0.325 e. The molecule has 1 saturated heterocycles. The molecule has 2 aliphatic rings. The summed E-state index contributed by atoms with van der Waals surface area (Å²) in [6, 6.07) is 4.58. The summed E-state index contributed by atoms with van der Waals surface area (Å²) in [5.74, 6) is -0.657. The highest BCUT2D eigenvalue weighted by molar-refractivity contribution is 6.03. The lowest BCUT2D eigenvalue weighted by atomic mass is 9.76. The van der Waals surface area contributed by atoms with Crippen molar-refractivity contribution in [2.45, 2.75) is 25.0 Å². The van der Waals surface area contributed by atoms with E-state index in [2.05, 4.69) is 15.6 Å². The number of imide groups is 1. The van der Waals surface area contributed by atoms with Crippen LogP contribution in [0.5, 0.6) is 0 Å². The van der Waals surface area contributed by atoms with E-state index in [1.807, 2.05) is 12.1 Å². The molecule has 0 spiro atoms. The number of rotatable bonds is 5. The number of nitrogens with zero attached hydrogens (tertiary/aromatic N) is 2. The van der Waals surface area contributed by atoms with Gasteiger partial charge in [-0.05, 0) is 30.9 Å². The zero-order chi connectivity index (χ0) is 16.4. The first-order valence-electron chi connectivity index (χ1n) is 7.50. The highest BCUT2D eigenvalue weighted by Gasteiger charge is 2.37. The number of pyridine rings is 1. The van der Waals surface area contributed by atoms with Crippen LogP contribution in [-0.2, 0) is 9.59 Å². The van der Waals surface area contributed by atoms with Crippen molar-refractivity contribution < 1.29 is 19.5 Å². The van der Waals surface area contributed by atoms with Gasteiger partial charge in [-0.3, -0.25) is 19.9 Å². The van der Waals surface area contributed by atoms with E-state index in [1.54, 1.807) is 12.3 Å². The number of aliphatic hydroxyl groups excluding tert-OH is 1. The molecule has 2 heterocycles. The third-order valence-corrected chi connectivity index (χ3v) is 4.15. The Morgan fingerprint density at radius 2 is 2.22 bits per heavy atom. The molecule has 23 heavy (non-hydrogen) atoms. The molecule has 1 saturated carbocycles. The highest BCUT2D eigenvalue weighted by atomic mass is 16.3. The Labute approximate surface area is 132 Å². The zero-order valence-electron chi connectivity index (χ0n) is 12.4. The first-order chi connectivity index (χ1) is 11.0. The number of aliphatic hydroxyl groups is 1. The van der Waals surface area contributed by atoms with Crippen molar-refractivity contribution in [3.8, 4) is 0 Å². The van der Waals surface area contributed by atoms with Gasteiger partial charge < -0.3 is 15.3 Å². The second-order valence-corrected chi connectivity index (χ2v) is 5.89. The van der Waals surface area contributed by atoms with Crippen molar-refractivity contribution in [3.05, 3.63) is 30.1 Å². The van der Waals surface area contributed by atoms with Gasteiger partial charge in [-0.1, -0.05) is 6.07 Å². The second kappa shape index (κ2) is 6.33. The second-order valence-electron chi connectivity index (χ2n) is 5.89. The number of hydrogen-bond acceptors (Lipinski definition) is 5. The predicted molar refractivity (Wildman–Crippen MR) is 79.0 cm³/mol. The number of hydrogen-bond donors (Lipinski definition) is 3. The number of carbonyl (C=O) groups is 3. The topological polar surface area (TPSA) is 112 Å². The Morgan fingerprint density at radius 1 is 1.43 bits per heavy atom. The minimum Gasteiger partial charge on any atom is -0.393 e. The molecule has 4 amide bonds. The molecule has 3 rings (SSSR count). The van der Waals surface area contributed by atoms with Gasteiger partial charge in [-0.25, -0.2) is 4.79 Å². The summed E-state index contributed by atoms with van der Waals surface area (Å²) in [6.07, 6.45) is 2.51. The number of nitrogens with one attached hydrogen (secondary N) is 2. The first kappa shape index (κ1) is 15.4. The van der Waals surface area contributed by atoms with Crippen molar-refractivity contribution in [1.29, 1.82) is 0 Å². The van der Waals surface area contributed by atoms with Crippen molar-refractivity contribution in [1.82, 2.24) is 20.5 Å². The van der Waals surface area contributed by atoms with Crippen LogP contribution in [0.1, 0.15) is 24.6 Å². The minimum absolute atomic E-state index is 0.108. The van der Waals surface area contributed by atoms with Crippen LogP contribution in [0.15, 0.2) is 24.4 Å². The molecule has 0 unspecified atom stereocenters. The van der Waals surface area contributed by atoms with E-state index in [0.29, 0.717) is 12.8 Å². The average molecular weight is 318 g/mol. The van der Waals surface area contributed by atoms with Crippen LogP contribution in [0.2, 0.25) is 0 Å². The summed E-state index contributed by atoms with van der Waals surface area (Å²) < 4.78 is 0. The zero-order valence-corrected chi connectivity index (χ0v) is 12.4. The molecule has 1 aromatic rings. The highest BCUT2D eigenvalue weighted by Crippen LogP contribution is 2.37. The molecule has 0 bridgehead atoms. The summed E-state index contributed by atoms with van der Waals surface area (Å²) in [6.45, 7) is -0.293. The SMILES string of the molecule is O=C1CN(CC(=O)N[C@H](c2ccccn2)C2CC(O)C2)C(=O)N1. The van der Waals surface area contributed by atoms with E-state index in [4.69, 9.17) is 0 Å². The molecule has 0 radical (unpaired) electrons. The van der Waals surface area contributed by atoms with E-state index in [1.165, 1.54) is 0 Å². The fourth-order valence-corrected chi connectivity index (χ4v) is 2.90. The molecule has 2 fully saturated rings. The average Bonchev–Trinajstić information content (AvgIpc) is 2.80. The Kier molecular flexibility index (Phi) is 4.24. The lowest BCUT2D eigenvalue weighted by Crippen LogP contribution is -2.45. The quantitative estimate of drug-likeness (QED) is 0.637. The molecule has 8 nitrogen and oxygen atoms in total. The lowest BCUT2D eigenvalue weighted by Gasteiger charge is -2.37. The van der Waals surface area contributed by atoms with E-state index in [9.17, 15) is 19.5 Å². The van der Waals surface area contributed by atoms with E-state index in [0.717, 1.165) is 10.6 Å². The van der Waals surface area contributed by atoms with Crippen LogP contribution in [0, 0.1) is 5.92 Å². The summed E-state index contributed by atoms with van der Waals surface area (Å²) in [5, 5.41) is 14.5. The van der Waals surface area contributed by atoms with E-state index < -0.39 is 11.9 Å². The third kappa shape index (κ3) is 3.48. The van der Waals surface area contributed by atoms with Gasteiger partial charge in [0.2, 0.25) is 11.8 Å². The summed E-state index contributed by atoms with van der Waals surface area (Å²) in [4.78, 5) is 40.3. The molecule has 0 aromatic carbocycles. The van der Waals surface area contributed by atoms with Gasteiger partial charge >= 0.3 is 6.03 Å². The number of urea groups is 1. The standard InChI is InChI=1S/C15H18N4O4/c20-10-5-9(6-10)14(11-3-1-2-4-16-11)17-12(21)7-19-8-13(22)18-15(19)23/h1-4,9-10,14,20H,5-8H2,(H,17,21)(H,18,22,23)/t9?,10?,14-/m0/s1. The maximum absolute atomic E-state index is 12.2. The molecule has 1 aromatic heterocycles. The van der Waals surface area contributed by atoms with Gasteiger partial charge in [0, 0.05) is 6.20 Å². The van der Waals surface area contributed by atoms with Crippen LogP contribution in [0.3, 0.4) is 0 Å². The van der Waals surface area contributed by atoms with Crippen molar-refractivity contribution >= 4 is 17.8 Å². The monoisotopic (exact) mass is 318 g/mol. The van der Waals surface area contributed by atoms with Crippen LogP contribution in [0.25, 0.3) is 0 Å². The molecule has 8 heteroatoms. The largest absolute Gasteiger partial charge is 0.393 e. The van der Waals surface area contributed by atoms with Crippen molar-refractivity contribution in [2.24, 2.45) is 5.92 Å². The normalized spacial score (nSPS) is 24.8. The maximum atomic E-state index is 12.2. The Balaban J connectivity index is 1.65. The number of amides is 4. The van der Waals surface area contributed by atoms with Crippen LogP contribution >= 0.6 is 0 Å². The smallest absolute Gasteiger partial charge is 0.325 e. The lowest BCUT2D eigenvalue weighted by molar-refractivity contribution is -0.123. The Morgan fingerprint density at radius 3 is 2.78 bits per heavy atom. The molecule has 122 valence electrons. The van der Waals surface area contributed by atoms with Crippen LogP contribution in [-0.4, -0.2) is 52.0 Å². The molecule has 1 aliphatic carbocycles. The summed E-state index contributed by atoms with van der Waals surface area (Å²) in [5.41, 5.74) is 0.722. The van der Waals surface area contributed by atoms with Gasteiger partial charge in [-0.15, -0.1) is 0 Å². The van der Waals surface area contributed by atoms with Crippen molar-refractivity contribution in [3.63, 3.8) is 0 Å². The number of carbonyl (C=O) groups excluding carboxylic acids is 3. The third-order valence-electron chi connectivity index (χ3n) is 4.15. The fraction of sp³-hybridized carbons (Fsp3) is 0.467. The van der Waals surface area contributed by atoms with E-state index >= 15 is 0 Å². The van der Waals surface area contributed by atoms with Crippen LogP contribution in [0.4, 0.5) is 4.79 Å². The summed E-state index contributed by atoms with van der Waals surface area (Å²) in [7, 11) is 0. The van der Waals surface area contributed by atoms with Gasteiger partial charge in [0.15, 0.2) is 0 Å². The van der Waals surface area contributed by atoms with Crippen molar-refractivity contribution in [2.75, 3.05) is 13.1 Å². The molecular formula is C15H18N4O4. The fourth-order valence-electron chi connectivity index (χ4n) is 2.90. The molecule has 1 atom stereocenters.